The van der Waals surface area contributed by atoms with Gasteiger partial charge in [0.2, 0.25) is 9.05 Å². The normalized spacial score (nSPS) is 11.2. The molecule has 1 rings (SSSR count). The van der Waals surface area contributed by atoms with E-state index in [1.807, 2.05) is 0 Å². The minimum absolute atomic E-state index is 0.0152. The maximum absolute atomic E-state index is 10.7. The van der Waals surface area contributed by atoms with Crippen LogP contribution in [0.4, 0.5) is 0 Å². The van der Waals surface area contributed by atoms with Gasteiger partial charge >= 0.3 is 0 Å². The van der Waals surface area contributed by atoms with Crippen molar-refractivity contribution in [2.24, 2.45) is 0 Å². The summed E-state index contributed by atoms with van der Waals surface area (Å²) in [6, 6.07) is 5.21. The van der Waals surface area contributed by atoms with Crippen molar-refractivity contribution in [1.82, 2.24) is 0 Å². The molecule has 0 aliphatic carbocycles. The smallest absolute Gasteiger partial charge is 0.235 e. The van der Waals surface area contributed by atoms with Crippen molar-refractivity contribution in [3.8, 4) is 11.5 Å². The second kappa shape index (κ2) is 5.75. The second-order valence-electron chi connectivity index (χ2n) is 2.89. The summed E-state index contributed by atoms with van der Waals surface area (Å²) in [6.07, 6.45) is 0. The molecule has 0 spiro atoms. The Kier molecular flexibility index (Phi) is 4.89. The Hall–Kier alpha value is -0.460. The molecule has 90 valence electrons. The molecule has 0 saturated carbocycles. The topological polar surface area (TPSA) is 52.6 Å². The third-order valence-electron chi connectivity index (χ3n) is 1.71. The van der Waals surface area contributed by atoms with Gasteiger partial charge in [-0.3, -0.25) is 0 Å². The minimum Gasteiger partial charge on any atom is -0.493 e. The molecule has 16 heavy (non-hydrogen) atoms. The molecule has 0 bridgehead atoms. The standard InChI is InChI=1S/C9H10BrClO4S/c1-14-8-3-2-7(10)6-9(8)15-4-5-16(11,12)13/h2-3,6H,4-5H2,1H3. The summed E-state index contributed by atoms with van der Waals surface area (Å²) in [5, 5.41) is 0. The molecular weight excluding hydrogens is 320 g/mol. The number of rotatable bonds is 5. The number of hydrogen-bond acceptors (Lipinski definition) is 4. The Bertz CT molecular complexity index is 461. The van der Waals surface area contributed by atoms with E-state index in [0.717, 1.165) is 4.47 Å². The number of hydrogen-bond donors (Lipinski definition) is 0. The highest BCUT2D eigenvalue weighted by atomic mass is 79.9. The first kappa shape index (κ1) is 13.6. The minimum atomic E-state index is -3.53. The summed E-state index contributed by atoms with van der Waals surface area (Å²) in [6.45, 7) is -0.0152. The average Bonchev–Trinajstić information content (AvgIpc) is 2.16. The number of methoxy groups -OCH3 is 1. The number of ether oxygens (including phenoxy) is 2. The maximum atomic E-state index is 10.7. The van der Waals surface area contributed by atoms with Gasteiger partial charge in [0.1, 0.15) is 6.61 Å². The summed E-state index contributed by atoms with van der Waals surface area (Å²) >= 11 is 3.28. The number of benzene rings is 1. The molecule has 0 atom stereocenters. The Labute approximate surface area is 107 Å². The first-order chi connectivity index (χ1) is 7.42. The average molecular weight is 330 g/mol. The lowest BCUT2D eigenvalue weighted by Gasteiger charge is -2.10. The van der Waals surface area contributed by atoms with E-state index in [4.69, 9.17) is 20.2 Å². The monoisotopic (exact) mass is 328 g/mol. The van der Waals surface area contributed by atoms with Crippen LogP contribution in [0, 0.1) is 0 Å². The van der Waals surface area contributed by atoms with Crippen molar-refractivity contribution in [1.29, 1.82) is 0 Å². The lowest BCUT2D eigenvalue weighted by molar-refractivity contribution is 0.312. The van der Waals surface area contributed by atoms with Gasteiger partial charge in [-0.2, -0.15) is 0 Å². The Morgan fingerprint density at radius 1 is 1.38 bits per heavy atom. The predicted molar refractivity (Wildman–Crippen MR) is 65.8 cm³/mol. The van der Waals surface area contributed by atoms with E-state index in [9.17, 15) is 8.42 Å². The SMILES string of the molecule is COc1ccc(Br)cc1OCCS(=O)(=O)Cl. The zero-order valence-corrected chi connectivity index (χ0v) is 11.6. The van der Waals surface area contributed by atoms with Crippen LogP contribution in [0.5, 0.6) is 11.5 Å². The molecule has 1 aromatic rings. The summed E-state index contributed by atoms with van der Waals surface area (Å²) in [5.41, 5.74) is 0. The fourth-order valence-electron chi connectivity index (χ4n) is 1.01. The van der Waals surface area contributed by atoms with Crippen LogP contribution in [-0.4, -0.2) is 27.9 Å². The van der Waals surface area contributed by atoms with Gasteiger partial charge in [0.05, 0.1) is 12.9 Å². The predicted octanol–water partition coefficient (Wildman–Crippen LogP) is 2.41. The van der Waals surface area contributed by atoms with Crippen LogP contribution in [0.2, 0.25) is 0 Å². The molecule has 7 heteroatoms. The second-order valence-corrected chi connectivity index (χ2v) is 6.70. The number of halogens is 2. The molecule has 0 radical (unpaired) electrons. The van der Waals surface area contributed by atoms with E-state index in [1.165, 1.54) is 7.11 Å². The molecular formula is C9H10BrClO4S. The van der Waals surface area contributed by atoms with Crippen LogP contribution in [0.25, 0.3) is 0 Å². The van der Waals surface area contributed by atoms with Crippen molar-refractivity contribution in [2.75, 3.05) is 19.5 Å². The molecule has 0 aromatic heterocycles. The zero-order chi connectivity index (χ0) is 12.2. The van der Waals surface area contributed by atoms with E-state index in [1.54, 1.807) is 18.2 Å². The lowest BCUT2D eigenvalue weighted by Crippen LogP contribution is -2.09. The molecule has 0 N–H and O–H groups in total. The fraction of sp³-hybridized carbons (Fsp3) is 0.333. The van der Waals surface area contributed by atoms with Gasteiger partial charge in [0.25, 0.3) is 0 Å². The van der Waals surface area contributed by atoms with Gasteiger partial charge in [-0.1, -0.05) is 15.9 Å². The highest BCUT2D eigenvalue weighted by Gasteiger charge is 2.08. The van der Waals surface area contributed by atoms with Gasteiger partial charge in [-0.15, -0.1) is 0 Å². The van der Waals surface area contributed by atoms with Crippen molar-refractivity contribution < 1.29 is 17.9 Å². The highest BCUT2D eigenvalue weighted by molar-refractivity contribution is 9.10. The third kappa shape index (κ3) is 4.59. The van der Waals surface area contributed by atoms with Crippen molar-refractivity contribution in [3.05, 3.63) is 22.7 Å². The van der Waals surface area contributed by atoms with Crippen molar-refractivity contribution >= 4 is 35.7 Å². The van der Waals surface area contributed by atoms with E-state index < -0.39 is 9.05 Å². The first-order valence-corrected chi connectivity index (χ1v) is 7.58. The summed E-state index contributed by atoms with van der Waals surface area (Å²) in [7, 11) is 3.04. The van der Waals surface area contributed by atoms with Crippen LogP contribution < -0.4 is 9.47 Å². The molecule has 0 heterocycles. The Balaban J connectivity index is 2.69. The fourth-order valence-corrected chi connectivity index (χ4v) is 1.83. The van der Waals surface area contributed by atoms with Crippen LogP contribution in [0.15, 0.2) is 22.7 Å². The summed E-state index contributed by atoms with van der Waals surface area (Å²) in [5.74, 6) is 0.761. The quantitative estimate of drug-likeness (QED) is 0.779. The van der Waals surface area contributed by atoms with Crippen LogP contribution in [0.3, 0.4) is 0 Å². The van der Waals surface area contributed by atoms with Crippen molar-refractivity contribution in [3.63, 3.8) is 0 Å². The summed E-state index contributed by atoms with van der Waals surface area (Å²) < 4.78 is 32.5. The van der Waals surface area contributed by atoms with E-state index in [-0.39, 0.29) is 12.4 Å². The molecule has 0 saturated heterocycles. The largest absolute Gasteiger partial charge is 0.493 e. The molecule has 0 aliphatic heterocycles. The zero-order valence-electron chi connectivity index (χ0n) is 8.44. The van der Waals surface area contributed by atoms with E-state index in [2.05, 4.69) is 15.9 Å². The molecule has 4 nitrogen and oxygen atoms in total. The van der Waals surface area contributed by atoms with Gasteiger partial charge in [-0.25, -0.2) is 8.42 Å². The molecule has 0 fully saturated rings. The van der Waals surface area contributed by atoms with E-state index >= 15 is 0 Å². The Morgan fingerprint density at radius 3 is 2.62 bits per heavy atom. The maximum Gasteiger partial charge on any atom is 0.235 e. The van der Waals surface area contributed by atoms with Crippen LogP contribution in [0.1, 0.15) is 0 Å². The van der Waals surface area contributed by atoms with Crippen LogP contribution in [-0.2, 0) is 9.05 Å². The van der Waals surface area contributed by atoms with Crippen LogP contribution >= 0.6 is 26.6 Å². The molecule has 1 aromatic carbocycles. The van der Waals surface area contributed by atoms with Crippen molar-refractivity contribution in [2.45, 2.75) is 0 Å². The van der Waals surface area contributed by atoms with Gasteiger partial charge in [-0.05, 0) is 18.2 Å². The summed E-state index contributed by atoms with van der Waals surface area (Å²) in [4.78, 5) is 0. The molecule has 0 unspecified atom stereocenters. The van der Waals surface area contributed by atoms with Gasteiger partial charge < -0.3 is 9.47 Å². The lowest BCUT2D eigenvalue weighted by atomic mass is 10.3. The van der Waals surface area contributed by atoms with Gasteiger partial charge in [0, 0.05) is 15.2 Å². The van der Waals surface area contributed by atoms with Gasteiger partial charge in [0.15, 0.2) is 11.5 Å². The Morgan fingerprint density at radius 2 is 2.06 bits per heavy atom. The first-order valence-electron chi connectivity index (χ1n) is 4.31. The highest BCUT2D eigenvalue weighted by Crippen LogP contribution is 2.30. The molecule has 0 amide bonds. The molecule has 0 aliphatic rings. The third-order valence-corrected chi connectivity index (χ3v) is 3.32. The van der Waals surface area contributed by atoms with E-state index in [0.29, 0.717) is 11.5 Å².